The molecule has 0 bridgehead atoms. The number of aryl methyl sites for hydroxylation is 1. The van der Waals surface area contributed by atoms with E-state index < -0.39 is 5.82 Å². The summed E-state index contributed by atoms with van der Waals surface area (Å²) in [6, 6.07) is 0. The molecular formula is C8H4Cl2FN3S. The predicted octanol–water partition coefficient (Wildman–Crippen LogP) is 3.35. The molecule has 78 valence electrons. The molecule has 0 amide bonds. The van der Waals surface area contributed by atoms with Gasteiger partial charge in [-0.2, -0.15) is 0 Å². The second-order valence-electron chi connectivity index (χ2n) is 2.69. The zero-order valence-corrected chi connectivity index (χ0v) is 9.79. The van der Waals surface area contributed by atoms with Gasteiger partial charge < -0.3 is 0 Å². The third kappa shape index (κ3) is 2.09. The van der Waals surface area contributed by atoms with E-state index >= 15 is 0 Å². The molecule has 0 radical (unpaired) electrons. The van der Waals surface area contributed by atoms with Crippen molar-refractivity contribution in [3.8, 4) is 11.5 Å². The molecule has 15 heavy (non-hydrogen) atoms. The SMILES string of the molecule is Cc1nc(-c2nc(Cl)c(F)c(Cl)n2)cs1. The Morgan fingerprint density at radius 1 is 1.20 bits per heavy atom. The number of halogens is 3. The van der Waals surface area contributed by atoms with Crippen molar-refractivity contribution in [2.24, 2.45) is 0 Å². The molecule has 0 aliphatic heterocycles. The largest absolute Gasteiger partial charge is 0.238 e. The normalized spacial score (nSPS) is 10.7. The van der Waals surface area contributed by atoms with Crippen LogP contribution in [0.25, 0.3) is 11.5 Å². The van der Waals surface area contributed by atoms with Crippen LogP contribution in [0.2, 0.25) is 10.3 Å². The quantitative estimate of drug-likeness (QED) is 0.741. The maximum atomic E-state index is 13.0. The van der Waals surface area contributed by atoms with E-state index in [2.05, 4.69) is 15.0 Å². The van der Waals surface area contributed by atoms with Crippen LogP contribution in [-0.2, 0) is 0 Å². The fourth-order valence-corrected chi connectivity index (χ4v) is 1.95. The van der Waals surface area contributed by atoms with Crippen molar-refractivity contribution in [3.63, 3.8) is 0 Å². The zero-order chi connectivity index (χ0) is 11.0. The van der Waals surface area contributed by atoms with E-state index in [9.17, 15) is 4.39 Å². The Morgan fingerprint density at radius 3 is 2.27 bits per heavy atom. The van der Waals surface area contributed by atoms with Gasteiger partial charge in [0.1, 0.15) is 5.69 Å². The molecule has 3 nitrogen and oxygen atoms in total. The average molecular weight is 264 g/mol. The number of nitrogens with zero attached hydrogens (tertiary/aromatic N) is 3. The first kappa shape index (κ1) is 10.7. The molecule has 0 aromatic carbocycles. The van der Waals surface area contributed by atoms with Gasteiger partial charge in [0.2, 0.25) is 0 Å². The van der Waals surface area contributed by atoms with Gasteiger partial charge in [-0.3, -0.25) is 0 Å². The summed E-state index contributed by atoms with van der Waals surface area (Å²) >= 11 is 12.5. The first-order valence-electron chi connectivity index (χ1n) is 3.89. The van der Waals surface area contributed by atoms with Gasteiger partial charge in [-0.1, -0.05) is 23.2 Å². The minimum atomic E-state index is -0.811. The lowest BCUT2D eigenvalue weighted by atomic mass is 10.4. The Hall–Kier alpha value is -0.780. The van der Waals surface area contributed by atoms with Crippen molar-refractivity contribution in [1.82, 2.24) is 15.0 Å². The number of hydrogen-bond donors (Lipinski definition) is 0. The molecule has 0 saturated carbocycles. The minimum absolute atomic E-state index is 0.232. The van der Waals surface area contributed by atoms with E-state index in [0.717, 1.165) is 5.01 Å². The van der Waals surface area contributed by atoms with Crippen molar-refractivity contribution in [2.45, 2.75) is 6.92 Å². The standard InChI is InChI=1S/C8H4Cl2FN3S/c1-3-12-4(2-15-3)8-13-6(9)5(11)7(10)14-8/h2H,1H3. The summed E-state index contributed by atoms with van der Waals surface area (Å²) in [5, 5.41) is 2.03. The predicted molar refractivity (Wildman–Crippen MR) is 57.9 cm³/mol. The first-order valence-corrected chi connectivity index (χ1v) is 5.52. The molecule has 0 saturated heterocycles. The second kappa shape index (κ2) is 4.00. The van der Waals surface area contributed by atoms with Crippen LogP contribution in [0.3, 0.4) is 0 Å². The molecule has 0 fully saturated rings. The van der Waals surface area contributed by atoms with Gasteiger partial charge >= 0.3 is 0 Å². The lowest BCUT2D eigenvalue weighted by Gasteiger charge is -1.99. The molecule has 0 unspecified atom stereocenters. The highest BCUT2D eigenvalue weighted by Crippen LogP contribution is 2.24. The summed E-state index contributed by atoms with van der Waals surface area (Å²) in [5.41, 5.74) is 0.543. The molecule has 7 heteroatoms. The van der Waals surface area contributed by atoms with E-state index in [-0.39, 0.29) is 16.1 Å². The van der Waals surface area contributed by atoms with E-state index in [1.54, 1.807) is 5.38 Å². The number of aromatic nitrogens is 3. The van der Waals surface area contributed by atoms with Crippen molar-refractivity contribution >= 4 is 34.5 Å². The van der Waals surface area contributed by atoms with Gasteiger partial charge in [0.05, 0.1) is 5.01 Å². The Kier molecular flexibility index (Phi) is 2.86. The van der Waals surface area contributed by atoms with Crippen LogP contribution in [-0.4, -0.2) is 15.0 Å². The van der Waals surface area contributed by atoms with Crippen LogP contribution >= 0.6 is 34.5 Å². The highest BCUT2D eigenvalue weighted by atomic mass is 35.5. The summed E-state index contributed by atoms with van der Waals surface area (Å²) in [7, 11) is 0. The van der Waals surface area contributed by atoms with Gasteiger partial charge in [0, 0.05) is 5.38 Å². The van der Waals surface area contributed by atoms with E-state index in [1.807, 2.05) is 6.92 Å². The molecule has 0 aliphatic rings. The second-order valence-corrected chi connectivity index (χ2v) is 4.47. The molecule has 0 N–H and O–H groups in total. The van der Waals surface area contributed by atoms with Gasteiger partial charge in [0.15, 0.2) is 21.9 Å². The third-order valence-electron chi connectivity index (χ3n) is 1.62. The van der Waals surface area contributed by atoms with Crippen LogP contribution in [0.15, 0.2) is 5.38 Å². The van der Waals surface area contributed by atoms with Gasteiger partial charge in [-0.15, -0.1) is 11.3 Å². The summed E-state index contributed by atoms with van der Waals surface area (Å²) in [6.07, 6.45) is 0. The van der Waals surface area contributed by atoms with Gasteiger partial charge in [-0.25, -0.2) is 19.3 Å². The molecule has 2 heterocycles. The molecule has 0 aliphatic carbocycles. The summed E-state index contributed by atoms with van der Waals surface area (Å²) in [5.74, 6) is -0.579. The molecular weight excluding hydrogens is 260 g/mol. The molecule has 2 aromatic rings. The third-order valence-corrected chi connectivity index (χ3v) is 2.89. The molecule has 2 rings (SSSR count). The van der Waals surface area contributed by atoms with Crippen molar-refractivity contribution in [1.29, 1.82) is 0 Å². The van der Waals surface area contributed by atoms with Gasteiger partial charge in [-0.05, 0) is 6.92 Å². The molecule has 2 aromatic heterocycles. The number of rotatable bonds is 1. The van der Waals surface area contributed by atoms with Gasteiger partial charge in [0.25, 0.3) is 0 Å². The van der Waals surface area contributed by atoms with E-state index in [0.29, 0.717) is 5.69 Å². The maximum Gasteiger partial charge on any atom is 0.197 e. The summed E-state index contributed by atoms with van der Waals surface area (Å²) < 4.78 is 13.0. The van der Waals surface area contributed by atoms with Crippen LogP contribution < -0.4 is 0 Å². The summed E-state index contributed by atoms with van der Waals surface area (Å²) in [6.45, 7) is 1.85. The fourth-order valence-electron chi connectivity index (χ4n) is 0.975. The van der Waals surface area contributed by atoms with Crippen molar-refractivity contribution in [2.75, 3.05) is 0 Å². The first-order chi connectivity index (χ1) is 7.08. The Bertz CT molecular complexity index is 491. The number of thiazole rings is 1. The average Bonchev–Trinajstić information content (AvgIpc) is 2.60. The van der Waals surface area contributed by atoms with Crippen molar-refractivity contribution in [3.05, 3.63) is 26.5 Å². The maximum absolute atomic E-state index is 13.0. The van der Waals surface area contributed by atoms with Crippen LogP contribution in [0.5, 0.6) is 0 Å². The summed E-state index contributed by atoms with van der Waals surface area (Å²) in [4.78, 5) is 11.7. The zero-order valence-electron chi connectivity index (χ0n) is 7.46. The Labute approximate surface area is 98.9 Å². The number of hydrogen-bond acceptors (Lipinski definition) is 4. The minimum Gasteiger partial charge on any atom is -0.238 e. The Morgan fingerprint density at radius 2 is 1.80 bits per heavy atom. The van der Waals surface area contributed by atoms with E-state index in [1.165, 1.54) is 11.3 Å². The molecule has 0 spiro atoms. The van der Waals surface area contributed by atoms with Crippen LogP contribution in [0, 0.1) is 12.7 Å². The smallest absolute Gasteiger partial charge is 0.197 e. The topological polar surface area (TPSA) is 38.7 Å². The fraction of sp³-hybridized carbons (Fsp3) is 0.125. The van der Waals surface area contributed by atoms with Crippen LogP contribution in [0.4, 0.5) is 4.39 Å². The lowest BCUT2D eigenvalue weighted by molar-refractivity contribution is 0.615. The molecule has 0 atom stereocenters. The lowest BCUT2D eigenvalue weighted by Crippen LogP contribution is -1.94. The van der Waals surface area contributed by atoms with Crippen LogP contribution in [0.1, 0.15) is 5.01 Å². The Balaban J connectivity index is 2.55. The highest BCUT2D eigenvalue weighted by molar-refractivity contribution is 7.09. The van der Waals surface area contributed by atoms with Crippen molar-refractivity contribution < 1.29 is 4.39 Å². The monoisotopic (exact) mass is 263 g/mol. The highest BCUT2D eigenvalue weighted by Gasteiger charge is 2.13. The van der Waals surface area contributed by atoms with E-state index in [4.69, 9.17) is 23.2 Å².